The molecule has 2 aromatic rings. The highest BCUT2D eigenvalue weighted by atomic mass is 35.5. The average Bonchev–Trinajstić information content (AvgIpc) is 2.59. The number of rotatable bonds is 2. The summed E-state index contributed by atoms with van der Waals surface area (Å²) in [4.78, 5) is 0.353. The molecule has 0 atom stereocenters. The molecule has 3 rings (SSSR count). The van der Waals surface area contributed by atoms with Crippen molar-refractivity contribution in [2.75, 3.05) is 6.54 Å². The molecule has 124 valence electrons. The Balaban J connectivity index is 1.89. The molecule has 0 bridgehead atoms. The summed E-state index contributed by atoms with van der Waals surface area (Å²) >= 11 is 17.4. The molecule has 0 saturated carbocycles. The normalized spacial score (nSPS) is 14.5. The fourth-order valence-electron chi connectivity index (χ4n) is 2.44. The topological polar surface area (TPSA) is 15.6 Å². The van der Waals surface area contributed by atoms with E-state index in [-0.39, 0.29) is 0 Å². The number of thiocarbonyl (C=S) groups is 1. The monoisotopic (exact) mass is 384 g/mol. The second-order valence-electron chi connectivity index (χ2n) is 5.34. The summed E-state index contributed by atoms with van der Waals surface area (Å²) in [6, 6.07) is 8.91. The van der Waals surface area contributed by atoms with Gasteiger partial charge in [0, 0.05) is 12.1 Å². The molecular formula is C17H12Cl2F2N2S. The first-order valence-corrected chi connectivity index (χ1v) is 8.42. The Morgan fingerprint density at radius 3 is 2.54 bits per heavy atom. The maximum atomic E-state index is 13.4. The molecule has 1 aliphatic heterocycles. The van der Waals surface area contributed by atoms with Crippen LogP contribution in [0.25, 0.3) is 0 Å². The van der Waals surface area contributed by atoms with Crippen LogP contribution in [0.2, 0.25) is 10.0 Å². The van der Waals surface area contributed by atoms with Gasteiger partial charge >= 0.3 is 0 Å². The van der Waals surface area contributed by atoms with E-state index < -0.39 is 11.6 Å². The van der Waals surface area contributed by atoms with Crippen molar-refractivity contribution < 1.29 is 8.78 Å². The highest BCUT2D eigenvalue weighted by Crippen LogP contribution is 2.25. The largest absolute Gasteiger partial charge is 0.254 e. The highest BCUT2D eigenvalue weighted by Gasteiger charge is 2.19. The SMILES string of the molecule is Fc1ccc(C(=S)N2CCCC(c3ccc(Cl)c(Cl)c3)=N2)cc1F. The number of nitrogens with zero attached hydrogens (tertiary/aromatic N) is 2. The smallest absolute Gasteiger partial charge is 0.159 e. The Morgan fingerprint density at radius 2 is 1.83 bits per heavy atom. The Kier molecular flexibility index (Phi) is 5.13. The molecule has 0 N–H and O–H groups in total. The van der Waals surface area contributed by atoms with Gasteiger partial charge in [0.1, 0.15) is 4.99 Å². The zero-order chi connectivity index (χ0) is 17.3. The molecule has 1 heterocycles. The standard InChI is InChI=1S/C17H12Cl2F2N2S/c18-12-5-3-10(8-13(12)19)16-2-1-7-23(22-16)17(24)11-4-6-14(20)15(21)9-11/h3-6,8-9H,1-2,7H2. The third-order valence-corrected chi connectivity index (χ3v) is 4.86. The lowest BCUT2D eigenvalue weighted by Crippen LogP contribution is -2.31. The lowest BCUT2D eigenvalue weighted by Gasteiger charge is -2.26. The van der Waals surface area contributed by atoms with E-state index in [9.17, 15) is 8.78 Å². The van der Waals surface area contributed by atoms with Crippen LogP contribution >= 0.6 is 35.4 Å². The van der Waals surface area contributed by atoms with Crippen molar-refractivity contribution in [1.82, 2.24) is 5.01 Å². The van der Waals surface area contributed by atoms with Crippen molar-refractivity contribution in [3.63, 3.8) is 0 Å². The maximum absolute atomic E-state index is 13.4. The van der Waals surface area contributed by atoms with Gasteiger partial charge in [0.25, 0.3) is 0 Å². The molecule has 0 unspecified atom stereocenters. The fourth-order valence-corrected chi connectivity index (χ4v) is 3.00. The van der Waals surface area contributed by atoms with E-state index in [0.29, 0.717) is 27.1 Å². The van der Waals surface area contributed by atoms with Gasteiger partial charge in [0.05, 0.1) is 15.8 Å². The minimum atomic E-state index is -0.930. The Labute approximate surface area is 153 Å². The second kappa shape index (κ2) is 7.13. The van der Waals surface area contributed by atoms with Crippen molar-refractivity contribution in [3.8, 4) is 0 Å². The van der Waals surface area contributed by atoms with Crippen LogP contribution < -0.4 is 0 Å². The van der Waals surface area contributed by atoms with Crippen LogP contribution in [-0.2, 0) is 0 Å². The Morgan fingerprint density at radius 1 is 1.04 bits per heavy atom. The summed E-state index contributed by atoms with van der Waals surface area (Å²) in [7, 11) is 0. The summed E-state index contributed by atoms with van der Waals surface area (Å²) in [5.74, 6) is -1.83. The summed E-state index contributed by atoms with van der Waals surface area (Å²) in [5.41, 5.74) is 2.11. The number of halogens is 4. The molecule has 0 radical (unpaired) electrons. The lowest BCUT2D eigenvalue weighted by molar-refractivity contribution is 0.425. The van der Waals surface area contributed by atoms with E-state index in [4.69, 9.17) is 35.4 Å². The summed E-state index contributed by atoms with van der Waals surface area (Å²) in [6.07, 6.45) is 1.61. The first kappa shape index (κ1) is 17.3. The van der Waals surface area contributed by atoms with Gasteiger partial charge in [-0.2, -0.15) is 5.10 Å². The van der Waals surface area contributed by atoms with Crippen LogP contribution in [0.3, 0.4) is 0 Å². The van der Waals surface area contributed by atoms with Crippen molar-refractivity contribution in [1.29, 1.82) is 0 Å². The van der Waals surface area contributed by atoms with E-state index >= 15 is 0 Å². The van der Waals surface area contributed by atoms with Crippen LogP contribution in [-0.4, -0.2) is 22.3 Å². The Hall–Kier alpha value is -1.56. The number of hydrazone groups is 1. The lowest BCUT2D eigenvalue weighted by atomic mass is 10.0. The number of benzene rings is 2. The molecule has 0 amide bonds. The third kappa shape index (κ3) is 3.58. The van der Waals surface area contributed by atoms with Crippen LogP contribution in [0.1, 0.15) is 24.0 Å². The van der Waals surface area contributed by atoms with Gasteiger partial charge in [-0.1, -0.05) is 41.5 Å². The van der Waals surface area contributed by atoms with Crippen LogP contribution in [0.5, 0.6) is 0 Å². The molecule has 0 aromatic heterocycles. The van der Waals surface area contributed by atoms with Gasteiger partial charge in [-0.05, 0) is 48.7 Å². The molecule has 0 aliphatic carbocycles. The zero-order valence-corrected chi connectivity index (χ0v) is 14.7. The van der Waals surface area contributed by atoms with Crippen LogP contribution in [0, 0.1) is 11.6 Å². The van der Waals surface area contributed by atoms with Gasteiger partial charge < -0.3 is 0 Å². The number of hydrogen-bond acceptors (Lipinski definition) is 2. The third-order valence-electron chi connectivity index (χ3n) is 3.68. The minimum Gasteiger partial charge on any atom is -0.254 e. The average molecular weight is 385 g/mol. The first-order chi connectivity index (χ1) is 11.5. The number of hydrogen-bond donors (Lipinski definition) is 0. The van der Waals surface area contributed by atoms with Crippen molar-refractivity contribution in [2.45, 2.75) is 12.8 Å². The summed E-state index contributed by atoms with van der Waals surface area (Å²) in [5, 5.41) is 7.10. The molecule has 0 spiro atoms. The quantitative estimate of drug-likeness (QED) is 0.639. The molecule has 0 saturated heterocycles. The van der Waals surface area contributed by atoms with Crippen LogP contribution in [0.15, 0.2) is 41.5 Å². The van der Waals surface area contributed by atoms with Gasteiger partial charge in [0.2, 0.25) is 0 Å². The molecule has 0 fully saturated rings. The fraction of sp³-hybridized carbons (Fsp3) is 0.176. The molecule has 2 aromatic carbocycles. The second-order valence-corrected chi connectivity index (χ2v) is 6.54. The maximum Gasteiger partial charge on any atom is 0.159 e. The van der Waals surface area contributed by atoms with Crippen molar-refractivity contribution >= 4 is 46.1 Å². The van der Waals surface area contributed by atoms with Crippen molar-refractivity contribution in [3.05, 3.63) is 69.2 Å². The van der Waals surface area contributed by atoms with Crippen LogP contribution in [0.4, 0.5) is 8.78 Å². The summed E-state index contributed by atoms with van der Waals surface area (Å²) in [6.45, 7) is 0.614. The van der Waals surface area contributed by atoms with Gasteiger partial charge in [-0.3, -0.25) is 5.01 Å². The van der Waals surface area contributed by atoms with Gasteiger partial charge in [-0.25, -0.2) is 8.78 Å². The predicted octanol–water partition coefficient (Wildman–Crippen LogP) is 5.45. The van der Waals surface area contributed by atoms with Gasteiger partial charge in [-0.15, -0.1) is 0 Å². The predicted molar refractivity (Wildman–Crippen MR) is 97.0 cm³/mol. The molecule has 2 nitrogen and oxygen atoms in total. The molecular weight excluding hydrogens is 373 g/mol. The first-order valence-electron chi connectivity index (χ1n) is 7.25. The minimum absolute atomic E-state index is 0.353. The van der Waals surface area contributed by atoms with E-state index in [0.717, 1.165) is 36.2 Å². The summed E-state index contributed by atoms with van der Waals surface area (Å²) < 4.78 is 26.5. The zero-order valence-electron chi connectivity index (χ0n) is 12.4. The Bertz CT molecular complexity index is 839. The highest BCUT2D eigenvalue weighted by molar-refractivity contribution is 7.80. The molecule has 24 heavy (non-hydrogen) atoms. The molecule has 1 aliphatic rings. The van der Waals surface area contributed by atoms with Gasteiger partial charge in [0.15, 0.2) is 11.6 Å². The molecule has 7 heteroatoms. The van der Waals surface area contributed by atoms with E-state index in [1.807, 2.05) is 6.07 Å². The van der Waals surface area contributed by atoms with E-state index in [1.165, 1.54) is 6.07 Å². The van der Waals surface area contributed by atoms with Crippen molar-refractivity contribution in [2.24, 2.45) is 5.10 Å². The van der Waals surface area contributed by atoms with E-state index in [1.54, 1.807) is 17.1 Å². The van der Waals surface area contributed by atoms with E-state index in [2.05, 4.69) is 5.10 Å².